The number of Topliss-reactive ketones (excluding diaryl/α,β-unsaturated/α-hetero) is 1. The fourth-order valence-electron chi connectivity index (χ4n) is 2.34. The van der Waals surface area contributed by atoms with Crippen molar-refractivity contribution < 1.29 is 9.18 Å². The zero-order chi connectivity index (χ0) is 14.1. The van der Waals surface area contributed by atoms with Crippen LogP contribution in [0.1, 0.15) is 21.5 Å². The minimum atomic E-state index is -0.358. The summed E-state index contributed by atoms with van der Waals surface area (Å²) in [6.45, 7) is 1.79. The number of halogens is 1. The van der Waals surface area contributed by atoms with Crippen LogP contribution in [0.5, 0.6) is 0 Å². The Morgan fingerprint density at radius 3 is 2.80 bits per heavy atom. The third kappa shape index (κ3) is 2.49. The number of benzene rings is 2. The zero-order valence-corrected chi connectivity index (χ0v) is 11.8. The van der Waals surface area contributed by atoms with Crippen molar-refractivity contribution in [3.8, 4) is 0 Å². The molecule has 0 atom stereocenters. The average molecular weight is 284 g/mol. The van der Waals surface area contributed by atoms with E-state index in [9.17, 15) is 9.18 Å². The summed E-state index contributed by atoms with van der Waals surface area (Å²) < 4.78 is 14.5. The largest absolute Gasteiger partial charge is 0.294 e. The van der Waals surface area contributed by atoms with Gasteiger partial charge in [0.2, 0.25) is 0 Å². The van der Waals surface area contributed by atoms with Crippen LogP contribution < -0.4 is 0 Å². The molecule has 2 aromatic carbocycles. The first-order valence-electron chi connectivity index (χ1n) is 6.39. The molecule has 100 valence electrons. The maximum Gasteiger partial charge on any atom is 0.167 e. The van der Waals surface area contributed by atoms with Crippen LogP contribution in [0.4, 0.5) is 4.39 Å². The van der Waals surface area contributed by atoms with E-state index in [2.05, 4.69) is 0 Å². The van der Waals surface area contributed by atoms with Gasteiger partial charge >= 0.3 is 0 Å². The molecular formula is C17H13FOS. The molecule has 0 aliphatic carbocycles. The second-order valence-electron chi connectivity index (χ2n) is 4.87. The monoisotopic (exact) mass is 284 g/mol. The minimum Gasteiger partial charge on any atom is -0.294 e. The van der Waals surface area contributed by atoms with Gasteiger partial charge in [0, 0.05) is 16.7 Å². The first kappa shape index (κ1) is 13.0. The van der Waals surface area contributed by atoms with Gasteiger partial charge in [-0.2, -0.15) is 0 Å². The predicted molar refractivity (Wildman–Crippen MR) is 81.0 cm³/mol. The van der Waals surface area contributed by atoms with Crippen LogP contribution in [0, 0.1) is 12.7 Å². The van der Waals surface area contributed by atoms with Crippen molar-refractivity contribution in [2.24, 2.45) is 0 Å². The third-order valence-corrected chi connectivity index (χ3v) is 4.29. The van der Waals surface area contributed by atoms with E-state index in [1.165, 1.54) is 16.8 Å². The van der Waals surface area contributed by atoms with Gasteiger partial charge in [0.05, 0.1) is 0 Å². The lowest BCUT2D eigenvalue weighted by molar-refractivity contribution is 0.0993. The van der Waals surface area contributed by atoms with Gasteiger partial charge in [0.15, 0.2) is 5.78 Å². The van der Waals surface area contributed by atoms with E-state index in [1.807, 2.05) is 29.6 Å². The van der Waals surface area contributed by atoms with Crippen LogP contribution in [0.25, 0.3) is 10.1 Å². The molecule has 0 amide bonds. The molecule has 0 fully saturated rings. The topological polar surface area (TPSA) is 17.1 Å². The summed E-state index contributed by atoms with van der Waals surface area (Å²) >= 11 is 1.63. The standard InChI is InChI=1S/C17H13FOS/c1-11-6-12(8-14(18)7-11)16(19)9-13-10-20-17-5-3-2-4-15(13)17/h2-8,10H,9H2,1H3. The Labute approximate surface area is 120 Å². The summed E-state index contributed by atoms with van der Waals surface area (Å²) in [5, 5.41) is 3.12. The van der Waals surface area contributed by atoms with Crippen molar-refractivity contribution in [3.05, 3.63) is 70.4 Å². The van der Waals surface area contributed by atoms with E-state index in [4.69, 9.17) is 0 Å². The van der Waals surface area contributed by atoms with Gasteiger partial charge in [-0.15, -0.1) is 11.3 Å². The lowest BCUT2D eigenvalue weighted by Crippen LogP contribution is -2.04. The summed E-state index contributed by atoms with van der Waals surface area (Å²) in [6.07, 6.45) is 0.312. The van der Waals surface area contributed by atoms with Gasteiger partial charge in [0.1, 0.15) is 5.82 Å². The lowest BCUT2D eigenvalue weighted by atomic mass is 10.0. The highest BCUT2D eigenvalue weighted by Crippen LogP contribution is 2.26. The summed E-state index contributed by atoms with van der Waals surface area (Å²) in [6, 6.07) is 12.5. The van der Waals surface area contributed by atoms with Crippen molar-refractivity contribution in [3.63, 3.8) is 0 Å². The molecule has 0 N–H and O–H groups in total. The molecule has 0 aliphatic heterocycles. The number of aryl methyl sites for hydroxylation is 1. The second kappa shape index (κ2) is 5.17. The number of hydrogen-bond donors (Lipinski definition) is 0. The number of fused-ring (bicyclic) bond motifs is 1. The number of rotatable bonds is 3. The van der Waals surface area contributed by atoms with Gasteiger partial charge in [-0.25, -0.2) is 4.39 Å². The Morgan fingerprint density at radius 1 is 1.20 bits per heavy atom. The molecule has 20 heavy (non-hydrogen) atoms. The van der Waals surface area contributed by atoms with Crippen LogP contribution in [0.3, 0.4) is 0 Å². The van der Waals surface area contributed by atoms with E-state index in [1.54, 1.807) is 24.3 Å². The average Bonchev–Trinajstić information content (AvgIpc) is 2.81. The van der Waals surface area contributed by atoms with Gasteiger partial charge in [-0.1, -0.05) is 18.2 Å². The Hall–Kier alpha value is -2.00. The van der Waals surface area contributed by atoms with Gasteiger partial charge in [-0.05, 0) is 53.1 Å². The first-order valence-corrected chi connectivity index (χ1v) is 7.27. The van der Waals surface area contributed by atoms with Crippen LogP contribution >= 0.6 is 11.3 Å². The lowest BCUT2D eigenvalue weighted by Gasteiger charge is -2.03. The molecule has 0 radical (unpaired) electrons. The van der Waals surface area contributed by atoms with Gasteiger partial charge in [0.25, 0.3) is 0 Å². The van der Waals surface area contributed by atoms with Gasteiger partial charge < -0.3 is 0 Å². The molecule has 0 spiro atoms. The van der Waals surface area contributed by atoms with Crippen molar-refractivity contribution in [1.82, 2.24) is 0 Å². The molecule has 0 bridgehead atoms. The normalized spacial score (nSPS) is 10.9. The summed E-state index contributed by atoms with van der Waals surface area (Å²) in [5.74, 6) is -0.403. The molecule has 1 heterocycles. The Bertz CT molecular complexity index is 768. The zero-order valence-electron chi connectivity index (χ0n) is 11.0. The Morgan fingerprint density at radius 2 is 2.00 bits per heavy atom. The van der Waals surface area contributed by atoms with E-state index < -0.39 is 0 Å². The second-order valence-corrected chi connectivity index (χ2v) is 5.79. The van der Waals surface area contributed by atoms with Crippen LogP contribution in [0.15, 0.2) is 47.8 Å². The fraction of sp³-hybridized carbons (Fsp3) is 0.118. The van der Waals surface area contributed by atoms with Crippen molar-refractivity contribution in [1.29, 1.82) is 0 Å². The van der Waals surface area contributed by atoms with Crippen LogP contribution in [0.2, 0.25) is 0 Å². The summed E-state index contributed by atoms with van der Waals surface area (Å²) in [5.41, 5.74) is 2.22. The summed E-state index contributed by atoms with van der Waals surface area (Å²) in [7, 11) is 0. The van der Waals surface area contributed by atoms with E-state index >= 15 is 0 Å². The highest BCUT2D eigenvalue weighted by Gasteiger charge is 2.12. The molecule has 0 saturated carbocycles. The Kier molecular flexibility index (Phi) is 3.36. The number of thiophene rings is 1. The number of carbonyl (C=O) groups is 1. The minimum absolute atomic E-state index is 0.0452. The number of carbonyl (C=O) groups excluding carboxylic acids is 1. The molecule has 3 heteroatoms. The first-order chi connectivity index (χ1) is 9.63. The van der Waals surface area contributed by atoms with Gasteiger partial charge in [-0.3, -0.25) is 4.79 Å². The predicted octanol–water partition coefficient (Wildman–Crippen LogP) is 4.77. The maximum absolute atomic E-state index is 13.4. The molecule has 1 nitrogen and oxygen atoms in total. The van der Waals surface area contributed by atoms with Crippen LogP contribution in [-0.4, -0.2) is 5.78 Å². The molecule has 0 aliphatic rings. The molecule has 0 saturated heterocycles. The third-order valence-electron chi connectivity index (χ3n) is 3.28. The SMILES string of the molecule is Cc1cc(F)cc(C(=O)Cc2csc3ccccc23)c1. The van der Waals surface area contributed by atoms with Crippen LogP contribution in [-0.2, 0) is 6.42 Å². The molecule has 0 unspecified atom stereocenters. The molecular weight excluding hydrogens is 271 g/mol. The molecule has 3 aromatic rings. The molecule has 3 rings (SSSR count). The Balaban J connectivity index is 1.92. The van der Waals surface area contributed by atoms with Crippen molar-refractivity contribution in [2.45, 2.75) is 13.3 Å². The highest BCUT2D eigenvalue weighted by molar-refractivity contribution is 7.17. The quantitative estimate of drug-likeness (QED) is 0.633. The van der Waals surface area contributed by atoms with E-state index in [0.717, 1.165) is 16.5 Å². The maximum atomic E-state index is 13.4. The number of ketones is 1. The van der Waals surface area contributed by atoms with E-state index in [-0.39, 0.29) is 11.6 Å². The smallest absolute Gasteiger partial charge is 0.167 e. The molecule has 1 aromatic heterocycles. The highest BCUT2D eigenvalue weighted by atomic mass is 32.1. The number of hydrogen-bond acceptors (Lipinski definition) is 2. The fourth-order valence-corrected chi connectivity index (χ4v) is 3.30. The van der Waals surface area contributed by atoms with Crippen molar-refractivity contribution in [2.75, 3.05) is 0 Å². The van der Waals surface area contributed by atoms with Crippen molar-refractivity contribution >= 4 is 27.2 Å². The summed E-state index contributed by atoms with van der Waals surface area (Å²) in [4.78, 5) is 12.3. The van der Waals surface area contributed by atoms with E-state index in [0.29, 0.717) is 12.0 Å².